The quantitative estimate of drug-likeness (QED) is 0.842. The van der Waals surface area contributed by atoms with Crippen LogP contribution in [0.4, 0.5) is 10.5 Å². The van der Waals surface area contributed by atoms with E-state index < -0.39 is 0 Å². The van der Waals surface area contributed by atoms with Crippen LogP contribution in [0.1, 0.15) is 13.3 Å². The van der Waals surface area contributed by atoms with E-state index >= 15 is 0 Å². The average molecular weight is 297 g/mol. The predicted octanol–water partition coefficient (Wildman–Crippen LogP) is 3.20. The first-order valence-corrected chi connectivity index (χ1v) is 6.72. The van der Waals surface area contributed by atoms with Gasteiger partial charge in [-0.3, -0.25) is 0 Å². The fourth-order valence-electron chi connectivity index (χ4n) is 1.68. The van der Waals surface area contributed by atoms with Gasteiger partial charge in [0.25, 0.3) is 0 Å². The van der Waals surface area contributed by atoms with Gasteiger partial charge in [0.1, 0.15) is 0 Å². The van der Waals surface area contributed by atoms with Crippen LogP contribution in [0.15, 0.2) is 24.3 Å². The van der Waals surface area contributed by atoms with E-state index in [-0.39, 0.29) is 6.03 Å². The molecule has 0 aliphatic carbocycles. The van der Waals surface area contributed by atoms with Crippen molar-refractivity contribution < 1.29 is 14.3 Å². The predicted molar refractivity (Wildman–Crippen MR) is 78.9 cm³/mol. The molecule has 20 heavy (non-hydrogen) atoms. The molecule has 1 aliphatic heterocycles. The van der Waals surface area contributed by atoms with Gasteiger partial charge < -0.3 is 20.1 Å². The number of carbonyl (C=O) groups excluding carboxylic acids is 1. The molecule has 1 aliphatic rings. The molecule has 1 aromatic carbocycles. The molecule has 0 bridgehead atoms. The van der Waals surface area contributed by atoms with Crippen molar-refractivity contribution in [3.63, 3.8) is 0 Å². The van der Waals surface area contributed by atoms with Gasteiger partial charge in [-0.2, -0.15) is 0 Å². The Labute approximate surface area is 122 Å². The van der Waals surface area contributed by atoms with Crippen LogP contribution < -0.4 is 20.1 Å². The van der Waals surface area contributed by atoms with Gasteiger partial charge in [0.15, 0.2) is 11.5 Å². The molecule has 0 unspecified atom stereocenters. The second kappa shape index (κ2) is 6.52. The minimum Gasteiger partial charge on any atom is -0.490 e. The van der Waals surface area contributed by atoms with Crippen LogP contribution in [0.5, 0.6) is 11.5 Å². The highest BCUT2D eigenvalue weighted by Crippen LogP contribution is 2.37. The highest BCUT2D eigenvalue weighted by Gasteiger charge is 2.15. The number of nitrogens with one attached hydrogen (secondary N) is 2. The Hall–Kier alpha value is -1.88. The summed E-state index contributed by atoms with van der Waals surface area (Å²) in [4.78, 5) is 11.7. The van der Waals surface area contributed by atoms with Crippen molar-refractivity contribution in [2.75, 3.05) is 25.1 Å². The van der Waals surface area contributed by atoms with Crippen LogP contribution in [0.2, 0.25) is 5.02 Å². The van der Waals surface area contributed by atoms with Crippen molar-refractivity contribution >= 4 is 23.3 Å². The topological polar surface area (TPSA) is 59.6 Å². The number of hydrogen-bond acceptors (Lipinski definition) is 3. The molecule has 0 aromatic heterocycles. The van der Waals surface area contributed by atoms with Crippen molar-refractivity contribution in [1.82, 2.24) is 5.32 Å². The summed E-state index contributed by atoms with van der Waals surface area (Å²) in [6, 6.07) is 2.98. The zero-order valence-electron chi connectivity index (χ0n) is 11.3. The zero-order chi connectivity index (χ0) is 14.5. The summed E-state index contributed by atoms with van der Waals surface area (Å²) in [5.41, 5.74) is 1.35. The van der Waals surface area contributed by atoms with Crippen molar-refractivity contribution in [2.45, 2.75) is 13.3 Å². The smallest absolute Gasteiger partial charge is 0.319 e. The van der Waals surface area contributed by atoms with Crippen molar-refractivity contribution in [3.8, 4) is 11.5 Å². The van der Waals surface area contributed by atoms with Crippen LogP contribution in [0, 0.1) is 0 Å². The van der Waals surface area contributed by atoms with Gasteiger partial charge in [-0.05, 0) is 6.92 Å². The molecule has 108 valence electrons. The lowest BCUT2D eigenvalue weighted by atomic mass is 10.2. The van der Waals surface area contributed by atoms with Crippen LogP contribution >= 0.6 is 11.6 Å². The van der Waals surface area contributed by atoms with Crippen molar-refractivity contribution in [2.24, 2.45) is 0 Å². The first kappa shape index (κ1) is 14.5. The van der Waals surface area contributed by atoms with E-state index in [1.807, 2.05) is 6.92 Å². The number of halogens is 1. The zero-order valence-corrected chi connectivity index (χ0v) is 12.0. The van der Waals surface area contributed by atoms with Crippen LogP contribution in [-0.2, 0) is 0 Å². The number of anilines is 1. The maximum absolute atomic E-state index is 11.7. The SMILES string of the molecule is C=C(C)CNC(=O)Nc1cc2c(cc1Cl)OCCCO2. The second-order valence-electron chi connectivity index (χ2n) is 4.59. The lowest BCUT2D eigenvalue weighted by molar-refractivity contribution is 0.253. The van der Waals surface area contributed by atoms with Gasteiger partial charge in [0.05, 0.1) is 23.9 Å². The summed E-state index contributed by atoms with van der Waals surface area (Å²) >= 11 is 6.13. The Kier molecular flexibility index (Phi) is 4.74. The summed E-state index contributed by atoms with van der Waals surface area (Å²) in [5.74, 6) is 1.18. The molecular weight excluding hydrogens is 280 g/mol. The lowest BCUT2D eigenvalue weighted by Crippen LogP contribution is -2.29. The minimum absolute atomic E-state index is 0.343. The number of ether oxygens (including phenoxy) is 2. The molecule has 1 aromatic rings. The number of amides is 2. The number of hydrogen-bond donors (Lipinski definition) is 2. The number of carbonyl (C=O) groups is 1. The number of benzene rings is 1. The third-order valence-electron chi connectivity index (χ3n) is 2.64. The molecule has 2 rings (SSSR count). The fourth-order valence-corrected chi connectivity index (χ4v) is 1.88. The molecule has 1 heterocycles. The highest BCUT2D eigenvalue weighted by molar-refractivity contribution is 6.34. The Morgan fingerprint density at radius 1 is 1.35 bits per heavy atom. The van der Waals surface area contributed by atoms with Gasteiger partial charge in [-0.25, -0.2) is 4.79 Å². The summed E-state index contributed by atoms with van der Waals surface area (Å²) in [6.45, 7) is 7.13. The largest absolute Gasteiger partial charge is 0.490 e. The standard InChI is InChI=1S/C14H17ClN2O3/c1-9(2)8-16-14(18)17-11-7-13-12(6-10(11)15)19-4-3-5-20-13/h6-7H,1,3-5,8H2,2H3,(H2,16,17,18). The Morgan fingerprint density at radius 2 is 2.00 bits per heavy atom. The third kappa shape index (κ3) is 3.81. The van der Waals surface area contributed by atoms with E-state index in [2.05, 4.69) is 17.2 Å². The first-order valence-electron chi connectivity index (χ1n) is 6.34. The maximum Gasteiger partial charge on any atom is 0.319 e. The highest BCUT2D eigenvalue weighted by atomic mass is 35.5. The average Bonchev–Trinajstić information content (AvgIpc) is 2.62. The van der Waals surface area contributed by atoms with E-state index in [1.165, 1.54) is 0 Å². The van der Waals surface area contributed by atoms with E-state index in [0.717, 1.165) is 12.0 Å². The summed E-state index contributed by atoms with van der Waals surface area (Å²) in [5, 5.41) is 5.75. The second-order valence-corrected chi connectivity index (χ2v) is 5.00. The molecule has 6 heteroatoms. The van der Waals surface area contributed by atoms with Gasteiger partial charge >= 0.3 is 6.03 Å². The van der Waals surface area contributed by atoms with E-state index in [0.29, 0.717) is 42.0 Å². The van der Waals surface area contributed by atoms with E-state index in [4.69, 9.17) is 21.1 Å². The normalized spacial score (nSPS) is 13.3. The Bertz CT molecular complexity index is 531. The molecule has 2 amide bonds. The number of rotatable bonds is 3. The van der Waals surface area contributed by atoms with Gasteiger partial charge in [-0.15, -0.1) is 0 Å². The molecule has 0 atom stereocenters. The maximum atomic E-state index is 11.7. The van der Waals surface area contributed by atoms with Crippen LogP contribution in [0.3, 0.4) is 0 Å². The molecular formula is C14H17ClN2O3. The van der Waals surface area contributed by atoms with Gasteiger partial charge in [0, 0.05) is 25.1 Å². The molecule has 0 radical (unpaired) electrons. The Balaban J connectivity index is 2.10. The molecule has 0 fully saturated rings. The van der Waals surface area contributed by atoms with Crippen LogP contribution in [-0.4, -0.2) is 25.8 Å². The van der Waals surface area contributed by atoms with Crippen LogP contribution in [0.25, 0.3) is 0 Å². The third-order valence-corrected chi connectivity index (χ3v) is 2.95. The number of fused-ring (bicyclic) bond motifs is 1. The van der Waals surface area contributed by atoms with Gasteiger partial charge in [-0.1, -0.05) is 23.8 Å². The Morgan fingerprint density at radius 3 is 2.65 bits per heavy atom. The lowest BCUT2D eigenvalue weighted by Gasteiger charge is -2.13. The summed E-state index contributed by atoms with van der Waals surface area (Å²) in [7, 11) is 0. The molecule has 0 spiro atoms. The first-order chi connectivity index (χ1) is 9.56. The minimum atomic E-state index is -0.343. The molecule has 0 saturated carbocycles. The van der Waals surface area contributed by atoms with Gasteiger partial charge in [0.2, 0.25) is 0 Å². The molecule has 5 nitrogen and oxygen atoms in total. The van der Waals surface area contributed by atoms with E-state index in [9.17, 15) is 4.79 Å². The monoisotopic (exact) mass is 296 g/mol. The van der Waals surface area contributed by atoms with Crippen molar-refractivity contribution in [1.29, 1.82) is 0 Å². The summed E-state index contributed by atoms with van der Waals surface area (Å²) < 4.78 is 11.1. The summed E-state index contributed by atoms with van der Waals surface area (Å²) in [6.07, 6.45) is 0.814. The molecule has 0 saturated heterocycles. The fraction of sp³-hybridized carbons (Fsp3) is 0.357. The number of urea groups is 1. The molecule has 2 N–H and O–H groups in total. The van der Waals surface area contributed by atoms with Crippen molar-refractivity contribution in [3.05, 3.63) is 29.3 Å². The van der Waals surface area contributed by atoms with E-state index in [1.54, 1.807) is 12.1 Å².